The molecule has 0 saturated heterocycles. The highest BCUT2D eigenvalue weighted by Gasteiger charge is 2.14. The van der Waals surface area contributed by atoms with Crippen molar-refractivity contribution in [3.8, 4) is 23.0 Å². The predicted molar refractivity (Wildman–Crippen MR) is 97.5 cm³/mol. The van der Waals surface area contributed by atoms with Crippen molar-refractivity contribution < 1.29 is 34.0 Å². The van der Waals surface area contributed by atoms with Gasteiger partial charge in [-0.05, 0) is 43.2 Å². The Morgan fingerprint density at radius 1 is 1.04 bits per heavy atom. The lowest BCUT2D eigenvalue weighted by Gasteiger charge is -2.09. The normalized spacial score (nSPS) is 10.3. The van der Waals surface area contributed by atoms with Crippen molar-refractivity contribution in [2.75, 3.05) is 20.3 Å². The number of esters is 1. The second-order valence-electron chi connectivity index (χ2n) is 5.70. The van der Waals surface area contributed by atoms with Gasteiger partial charge in [-0.25, -0.2) is 4.79 Å². The molecule has 0 aliphatic rings. The van der Waals surface area contributed by atoms with Crippen LogP contribution in [0.1, 0.15) is 29.3 Å². The summed E-state index contributed by atoms with van der Waals surface area (Å²) in [5, 5.41) is 19.8. The van der Waals surface area contributed by atoms with Crippen LogP contribution in [-0.2, 0) is 16.0 Å². The number of methoxy groups -OCH3 is 1. The summed E-state index contributed by atoms with van der Waals surface area (Å²) < 4.78 is 14.9. The number of phenols is 2. The number of aromatic hydroxyl groups is 2. The highest BCUT2D eigenvalue weighted by atomic mass is 16.6. The van der Waals surface area contributed by atoms with E-state index in [0.717, 1.165) is 5.56 Å². The summed E-state index contributed by atoms with van der Waals surface area (Å²) in [5.74, 6) is -0.356. The van der Waals surface area contributed by atoms with Gasteiger partial charge in [0.1, 0.15) is 11.5 Å². The van der Waals surface area contributed by atoms with E-state index in [1.165, 1.54) is 31.4 Å². The summed E-state index contributed by atoms with van der Waals surface area (Å²) >= 11 is 0. The predicted octanol–water partition coefficient (Wildman–Crippen LogP) is 2.86. The number of rotatable bonds is 9. The fourth-order valence-corrected chi connectivity index (χ4v) is 2.47. The van der Waals surface area contributed by atoms with Crippen molar-refractivity contribution in [2.45, 2.75) is 19.8 Å². The Kier molecular flexibility index (Phi) is 7.05. The minimum atomic E-state index is -0.514. The van der Waals surface area contributed by atoms with E-state index < -0.39 is 5.97 Å². The van der Waals surface area contributed by atoms with Crippen LogP contribution in [0.3, 0.4) is 0 Å². The zero-order valence-electron chi connectivity index (χ0n) is 15.2. The van der Waals surface area contributed by atoms with E-state index in [2.05, 4.69) is 0 Å². The first-order chi connectivity index (χ1) is 12.9. The van der Waals surface area contributed by atoms with Crippen LogP contribution < -0.4 is 9.47 Å². The summed E-state index contributed by atoms with van der Waals surface area (Å²) in [6.45, 7) is 1.67. The molecule has 0 amide bonds. The molecule has 2 aromatic carbocycles. The average Bonchev–Trinajstić information content (AvgIpc) is 2.65. The van der Waals surface area contributed by atoms with Crippen molar-refractivity contribution in [1.82, 2.24) is 0 Å². The molecule has 0 atom stereocenters. The molecule has 0 saturated carbocycles. The van der Waals surface area contributed by atoms with Crippen LogP contribution in [0.5, 0.6) is 23.0 Å². The lowest BCUT2D eigenvalue weighted by atomic mass is 10.0. The molecule has 0 fully saturated rings. The van der Waals surface area contributed by atoms with Crippen molar-refractivity contribution in [3.05, 3.63) is 47.5 Å². The zero-order chi connectivity index (χ0) is 19.8. The van der Waals surface area contributed by atoms with Crippen LogP contribution in [-0.4, -0.2) is 42.3 Å². The van der Waals surface area contributed by atoms with Crippen molar-refractivity contribution in [2.24, 2.45) is 0 Å². The first kappa shape index (κ1) is 20.1. The molecule has 2 rings (SSSR count). The Bertz CT molecular complexity index is 814. The maximum atomic E-state index is 12.3. The Balaban J connectivity index is 1.96. The van der Waals surface area contributed by atoms with Crippen molar-refractivity contribution in [3.63, 3.8) is 0 Å². The molecule has 0 heterocycles. The van der Waals surface area contributed by atoms with Crippen molar-refractivity contribution >= 4 is 11.8 Å². The molecule has 2 aromatic rings. The zero-order valence-corrected chi connectivity index (χ0v) is 15.2. The molecule has 144 valence electrons. The van der Waals surface area contributed by atoms with Gasteiger partial charge in [0.15, 0.2) is 23.9 Å². The fraction of sp³-hybridized carbons (Fsp3) is 0.300. The quantitative estimate of drug-likeness (QED) is 0.514. The number of aryl methyl sites for hydroxylation is 1. The van der Waals surface area contributed by atoms with Crippen LogP contribution in [0.15, 0.2) is 36.4 Å². The lowest BCUT2D eigenvalue weighted by molar-refractivity contribution is -0.145. The molecular weight excluding hydrogens is 352 g/mol. The molecule has 0 radical (unpaired) electrons. The van der Waals surface area contributed by atoms with Gasteiger partial charge in [0, 0.05) is 12.5 Å². The molecule has 0 bridgehead atoms. The number of Topliss-reactive ketones (excluding diaryl/α,β-unsaturated/α-hetero) is 1. The number of hydrogen-bond acceptors (Lipinski definition) is 7. The van der Waals surface area contributed by atoms with Crippen LogP contribution in [0, 0.1) is 0 Å². The number of carbonyl (C=O) groups excluding carboxylic acids is 2. The van der Waals surface area contributed by atoms with Gasteiger partial charge < -0.3 is 24.4 Å². The minimum absolute atomic E-state index is 0.00778. The first-order valence-electron chi connectivity index (χ1n) is 8.45. The van der Waals surface area contributed by atoms with E-state index in [1.807, 2.05) is 0 Å². The Morgan fingerprint density at radius 2 is 1.81 bits per heavy atom. The van der Waals surface area contributed by atoms with Crippen LogP contribution >= 0.6 is 0 Å². The fourth-order valence-electron chi connectivity index (χ4n) is 2.47. The molecule has 0 aliphatic heterocycles. The number of hydrogen-bond donors (Lipinski definition) is 2. The molecule has 27 heavy (non-hydrogen) atoms. The Labute approximate surface area is 157 Å². The van der Waals surface area contributed by atoms with Gasteiger partial charge in [-0.1, -0.05) is 6.07 Å². The molecule has 0 aromatic heterocycles. The summed E-state index contributed by atoms with van der Waals surface area (Å²) in [4.78, 5) is 23.6. The summed E-state index contributed by atoms with van der Waals surface area (Å²) in [5.41, 5.74) is 0.937. The van der Waals surface area contributed by atoms with Crippen LogP contribution in [0.25, 0.3) is 0 Å². The third-order valence-electron chi connectivity index (χ3n) is 3.82. The van der Waals surface area contributed by atoms with Gasteiger partial charge in [0.2, 0.25) is 0 Å². The molecular formula is C20H22O7. The third kappa shape index (κ3) is 5.64. The van der Waals surface area contributed by atoms with Gasteiger partial charge in [-0.2, -0.15) is 0 Å². The lowest BCUT2D eigenvalue weighted by Crippen LogP contribution is -2.14. The average molecular weight is 374 g/mol. The number of benzene rings is 2. The SMILES string of the molecule is CCOC(=O)COc1ccc(C(=O)CCc2ccc(OC)c(O)c2)c(O)c1. The molecule has 7 nitrogen and oxygen atoms in total. The van der Waals surface area contributed by atoms with E-state index in [-0.39, 0.29) is 48.2 Å². The second-order valence-corrected chi connectivity index (χ2v) is 5.70. The summed E-state index contributed by atoms with van der Waals surface area (Å²) in [6, 6.07) is 9.17. The number of phenolic OH excluding ortho intramolecular Hbond substituents is 2. The number of ketones is 1. The summed E-state index contributed by atoms with van der Waals surface area (Å²) in [6.07, 6.45) is 0.555. The van der Waals surface area contributed by atoms with E-state index in [4.69, 9.17) is 14.2 Å². The largest absolute Gasteiger partial charge is 0.507 e. The second kappa shape index (κ2) is 9.47. The number of ether oxygens (including phenoxy) is 3. The van der Waals surface area contributed by atoms with Crippen LogP contribution in [0.2, 0.25) is 0 Å². The minimum Gasteiger partial charge on any atom is -0.507 e. The van der Waals surface area contributed by atoms with E-state index in [1.54, 1.807) is 19.1 Å². The molecule has 0 spiro atoms. The summed E-state index contributed by atoms with van der Waals surface area (Å²) in [7, 11) is 1.46. The maximum Gasteiger partial charge on any atom is 0.344 e. The smallest absolute Gasteiger partial charge is 0.344 e. The van der Waals surface area contributed by atoms with Gasteiger partial charge >= 0.3 is 5.97 Å². The topological polar surface area (TPSA) is 102 Å². The Morgan fingerprint density at radius 3 is 2.44 bits per heavy atom. The van der Waals surface area contributed by atoms with E-state index >= 15 is 0 Å². The molecule has 0 unspecified atom stereocenters. The first-order valence-corrected chi connectivity index (χ1v) is 8.45. The van der Waals surface area contributed by atoms with Gasteiger partial charge in [-0.15, -0.1) is 0 Å². The van der Waals surface area contributed by atoms with Gasteiger partial charge in [0.05, 0.1) is 19.3 Å². The molecule has 0 aliphatic carbocycles. The third-order valence-corrected chi connectivity index (χ3v) is 3.82. The Hall–Kier alpha value is -3.22. The van der Waals surface area contributed by atoms with E-state index in [0.29, 0.717) is 12.2 Å². The maximum absolute atomic E-state index is 12.3. The molecule has 7 heteroatoms. The van der Waals surface area contributed by atoms with Crippen molar-refractivity contribution in [1.29, 1.82) is 0 Å². The van der Waals surface area contributed by atoms with Gasteiger partial charge in [0.25, 0.3) is 0 Å². The monoisotopic (exact) mass is 374 g/mol. The highest BCUT2D eigenvalue weighted by molar-refractivity contribution is 5.98. The number of carbonyl (C=O) groups is 2. The van der Waals surface area contributed by atoms with Gasteiger partial charge in [-0.3, -0.25) is 4.79 Å². The highest BCUT2D eigenvalue weighted by Crippen LogP contribution is 2.28. The van der Waals surface area contributed by atoms with E-state index in [9.17, 15) is 19.8 Å². The standard InChI is InChI=1S/C20H22O7/c1-3-26-20(24)12-27-14-6-7-15(17(22)11-14)16(21)8-4-13-5-9-19(25-2)18(23)10-13/h5-7,9-11,22-23H,3-4,8,12H2,1-2H3. The molecule has 2 N–H and O–H groups in total. The van der Waals surface area contributed by atoms with Crippen LogP contribution in [0.4, 0.5) is 0 Å².